The van der Waals surface area contributed by atoms with Crippen LogP contribution in [0, 0.1) is 6.92 Å². The van der Waals surface area contributed by atoms with Gasteiger partial charge in [-0.15, -0.1) is 11.3 Å². The van der Waals surface area contributed by atoms with Crippen LogP contribution in [0.3, 0.4) is 0 Å². The van der Waals surface area contributed by atoms with Crippen molar-refractivity contribution in [2.75, 3.05) is 0 Å². The molecule has 2 aromatic rings. The summed E-state index contributed by atoms with van der Waals surface area (Å²) in [6, 6.07) is 6.00. The molecule has 0 unspecified atom stereocenters. The molecule has 2 aromatic heterocycles. The van der Waals surface area contributed by atoms with E-state index in [4.69, 9.17) is 11.6 Å². The molecule has 0 spiro atoms. The normalized spacial score (nSPS) is 10.4. The Morgan fingerprint density at radius 2 is 2.29 bits per heavy atom. The monoisotopic (exact) mass is 242 g/mol. The van der Waals surface area contributed by atoms with E-state index in [1.54, 1.807) is 23.1 Å². The zero-order chi connectivity index (χ0) is 9.97. The molecule has 14 heavy (non-hydrogen) atoms. The molecule has 0 saturated heterocycles. The van der Waals surface area contributed by atoms with Gasteiger partial charge in [-0.1, -0.05) is 17.8 Å². The van der Waals surface area contributed by atoms with Gasteiger partial charge in [0.05, 0.1) is 4.21 Å². The van der Waals surface area contributed by atoms with Crippen LogP contribution in [0.15, 0.2) is 32.8 Å². The lowest BCUT2D eigenvalue weighted by atomic mass is 10.5. The highest BCUT2D eigenvalue weighted by atomic mass is 35.5. The molecule has 2 heterocycles. The van der Waals surface area contributed by atoms with Gasteiger partial charge < -0.3 is 0 Å². The van der Waals surface area contributed by atoms with Gasteiger partial charge in [-0.2, -0.15) is 0 Å². The summed E-state index contributed by atoms with van der Waals surface area (Å²) in [4.78, 5) is 8.14. The maximum Gasteiger partial charge on any atom is 0.223 e. The fraction of sp³-hybridized carbons (Fsp3) is 0.111. The fourth-order valence-electron chi connectivity index (χ4n) is 0.982. The third-order valence-electron chi connectivity index (χ3n) is 1.50. The zero-order valence-corrected chi connectivity index (χ0v) is 9.79. The third-order valence-corrected chi connectivity index (χ3v) is 3.63. The number of aryl methyl sites for hydroxylation is 1. The van der Waals surface area contributed by atoms with Crippen molar-refractivity contribution in [1.29, 1.82) is 0 Å². The first-order valence-corrected chi connectivity index (χ1v) is 6.04. The lowest BCUT2D eigenvalue weighted by Crippen LogP contribution is -1.87. The molecule has 0 saturated carbocycles. The molecule has 0 amide bonds. The quantitative estimate of drug-likeness (QED) is 0.594. The fourth-order valence-corrected chi connectivity index (χ4v) is 3.03. The van der Waals surface area contributed by atoms with Crippen molar-refractivity contribution in [2.24, 2.45) is 0 Å². The van der Waals surface area contributed by atoms with Gasteiger partial charge in [-0.05, 0) is 36.0 Å². The standard InChI is InChI=1S/C9H7ClN2S2/c1-6-5-7(12-9(10)11-6)14-8-3-2-4-13-8/h2-5H,1H3. The van der Waals surface area contributed by atoms with Crippen LogP contribution in [0.4, 0.5) is 0 Å². The van der Waals surface area contributed by atoms with E-state index < -0.39 is 0 Å². The Balaban J connectivity index is 2.25. The summed E-state index contributed by atoms with van der Waals surface area (Å²) in [5.74, 6) is 0. The summed E-state index contributed by atoms with van der Waals surface area (Å²) in [5.41, 5.74) is 0.893. The van der Waals surface area contributed by atoms with Crippen molar-refractivity contribution in [3.8, 4) is 0 Å². The van der Waals surface area contributed by atoms with Crippen LogP contribution in [0.25, 0.3) is 0 Å². The number of thiophene rings is 1. The number of halogens is 1. The Hall–Kier alpha value is -0.580. The van der Waals surface area contributed by atoms with Gasteiger partial charge in [0, 0.05) is 5.69 Å². The van der Waals surface area contributed by atoms with Crippen molar-refractivity contribution in [2.45, 2.75) is 16.2 Å². The summed E-state index contributed by atoms with van der Waals surface area (Å²) in [7, 11) is 0. The van der Waals surface area contributed by atoms with Crippen molar-refractivity contribution < 1.29 is 0 Å². The molecule has 0 bridgehead atoms. The average Bonchev–Trinajstić information content (AvgIpc) is 2.54. The van der Waals surface area contributed by atoms with Gasteiger partial charge in [0.2, 0.25) is 5.28 Å². The Bertz CT molecular complexity index is 408. The second-order valence-corrected chi connectivity index (χ2v) is 5.26. The second kappa shape index (κ2) is 4.29. The number of hydrogen-bond donors (Lipinski definition) is 0. The van der Waals surface area contributed by atoms with Crippen molar-refractivity contribution in [1.82, 2.24) is 9.97 Å². The molecule has 72 valence electrons. The molecule has 5 heteroatoms. The number of rotatable bonds is 2. The van der Waals surface area contributed by atoms with Gasteiger partial charge in [-0.25, -0.2) is 9.97 Å². The molecule has 2 rings (SSSR count). The van der Waals surface area contributed by atoms with Gasteiger partial charge in [-0.3, -0.25) is 0 Å². The average molecular weight is 243 g/mol. The molecule has 2 nitrogen and oxygen atoms in total. The molecular formula is C9H7ClN2S2. The zero-order valence-electron chi connectivity index (χ0n) is 7.40. The Morgan fingerprint density at radius 3 is 2.93 bits per heavy atom. The van der Waals surface area contributed by atoms with E-state index in [-0.39, 0.29) is 0 Å². The lowest BCUT2D eigenvalue weighted by Gasteiger charge is -1.99. The van der Waals surface area contributed by atoms with Gasteiger partial charge in [0.1, 0.15) is 5.03 Å². The molecule has 0 aliphatic heterocycles. The predicted molar refractivity (Wildman–Crippen MR) is 60.2 cm³/mol. The Morgan fingerprint density at radius 1 is 1.43 bits per heavy atom. The van der Waals surface area contributed by atoms with E-state index in [0.717, 1.165) is 10.7 Å². The van der Waals surface area contributed by atoms with Crippen LogP contribution in [0.2, 0.25) is 5.28 Å². The van der Waals surface area contributed by atoms with Crippen molar-refractivity contribution >= 4 is 34.7 Å². The molecule has 0 aliphatic carbocycles. The molecule has 0 atom stereocenters. The van der Waals surface area contributed by atoms with Crippen LogP contribution in [-0.4, -0.2) is 9.97 Å². The van der Waals surface area contributed by atoms with Crippen LogP contribution < -0.4 is 0 Å². The minimum atomic E-state index is 0.309. The largest absolute Gasteiger partial charge is 0.223 e. The molecule has 0 radical (unpaired) electrons. The molecule has 0 N–H and O–H groups in total. The SMILES string of the molecule is Cc1cc(Sc2cccs2)nc(Cl)n1. The second-order valence-electron chi connectivity index (χ2n) is 2.65. The molecule has 0 aliphatic rings. The Kier molecular flexibility index (Phi) is 3.05. The summed E-state index contributed by atoms with van der Waals surface area (Å²) >= 11 is 9.05. The van der Waals surface area contributed by atoms with Crippen molar-refractivity contribution in [3.05, 3.63) is 34.6 Å². The maximum atomic E-state index is 5.76. The molecular weight excluding hydrogens is 236 g/mol. The first-order chi connectivity index (χ1) is 6.74. The summed E-state index contributed by atoms with van der Waals surface area (Å²) < 4.78 is 1.21. The highest BCUT2D eigenvalue weighted by Gasteiger charge is 2.02. The number of aromatic nitrogens is 2. The topological polar surface area (TPSA) is 25.8 Å². The van der Waals surface area contributed by atoms with E-state index in [1.165, 1.54) is 4.21 Å². The maximum absolute atomic E-state index is 5.76. The van der Waals surface area contributed by atoms with E-state index in [9.17, 15) is 0 Å². The number of hydrogen-bond acceptors (Lipinski definition) is 4. The highest BCUT2D eigenvalue weighted by molar-refractivity contribution is 8.01. The first-order valence-electron chi connectivity index (χ1n) is 3.96. The van der Waals surface area contributed by atoms with Crippen LogP contribution >= 0.6 is 34.7 Å². The van der Waals surface area contributed by atoms with Crippen LogP contribution in [0.5, 0.6) is 0 Å². The summed E-state index contributed by atoms with van der Waals surface area (Å²) in [6.07, 6.45) is 0. The smallest absolute Gasteiger partial charge is 0.223 e. The van der Waals surface area contributed by atoms with Crippen molar-refractivity contribution in [3.63, 3.8) is 0 Å². The minimum Gasteiger partial charge on any atom is -0.223 e. The van der Waals surface area contributed by atoms with E-state index in [0.29, 0.717) is 5.28 Å². The van der Waals surface area contributed by atoms with E-state index in [2.05, 4.69) is 16.0 Å². The van der Waals surface area contributed by atoms with E-state index in [1.807, 2.05) is 24.4 Å². The lowest BCUT2D eigenvalue weighted by molar-refractivity contribution is 1.01. The van der Waals surface area contributed by atoms with Gasteiger partial charge in [0.15, 0.2) is 0 Å². The summed E-state index contributed by atoms with van der Waals surface area (Å²) in [5, 5.41) is 3.24. The minimum absolute atomic E-state index is 0.309. The van der Waals surface area contributed by atoms with Crippen LogP contribution in [-0.2, 0) is 0 Å². The van der Waals surface area contributed by atoms with E-state index >= 15 is 0 Å². The highest BCUT2D eigenvalue weighted by Crippen LogP contribution is 2.30. The molecule has 0 fully saturated rings. The molecule has 0 aromatic carbocycles. The summed E-state index contributed by atoms with van der Waals surface area (Å²) in [6.45, 7) is 1.91. The Labute approximate surface area is 95.4 Å². The van der Waals surface area contributed by atoms with Gasteiger partial charge >= 0.3 is 0 Å². The van der Waals surface area contributed by atoms with Crippen LogP contribution in [0.1, 0.15) is 5.69 Å². The first kappa shape index (κ1) is 9.96. The van der Waals surface area contributed by atoms with Gasteiger partial charge in [0.25, 0.3) is 0 Å². The number of nitrogens with zero attached hydrogens (tertiary/aromatic N) is 2. The third kappa shape index (κ3) is 2.47. The predicted octanol–water partition coefficient (Wildman–Crippen LogP) is 3.65.